The molecule has 2 N–H and O–H groups in total. The molecule has 0 fully saturated rings. The number of ether oxygens (including phenoxy) is 1. The van der Waals surface area contributed by atoms with E-state index in [4.69, 9.17) is 4.74 Å². The number of aliphatic hydroxyl groups is 1. The summed E-state index contributed by atoms with van der Waals surface area (Å²) >= 11 is 4.12. The van der Waals surface area contributed by atoms with Crippen molar-refractivity contribution in [1.29, 1.82) is 0 Å². The van der Waals surface area contributed by atoms with Gasteiger partial charge in [-0.25, -0.2) is 18.2 Å². The van der Waals surface area contributed by atoms with E-state index in [2.05, 4.69) is 41.9 Å². The number of rotatable bonds is 8. The molecule has 0 amide bonds. The second-order valence-electron chi connectivity index (χ2n) is 11.2. The first-order valence-corrected chi connectivity index (χ1v) is 16.8. The number of aromatic nitrogens is 1. The Hall–Kier alpha value is -2.08. The van der Waals surface area contributed by atoms with Gasteiger partial charge in [0.2, 0.25) is 10.0 Å². The quantitative estimate of drug-likeness (QED) is 0.266. The van der Waals surface area contributed by atoms with Crippen LogP contribution < -0.4 is 4.72 Å². The molecule has 0 bridgehead atoms. The molecule has 0 saturated carbocycles. The van der Waals surface area contributed by atoms with E-state index in [0.717, 1.165) is 33.4 Å². The Morgan fingerprint density at radius 2 is 2.03 bits per heavy atom. The van der Waals surface area contributed by atoms with Crippen LogP contribution in [0, 0.1) is 12.8 Å². The number of aryl methyl sites for hydroxylation is 2. The number of hydrogen-bond donors (Lipinski definition) is 2. The Kier molecular flexibility index (Phi) is 7.97. The summed E-state index contributed by atoms with van der Waals surface area (Å²) in [6.45, 7) is 12.1. The minimum Gasteiger partial charge on any atom is -0.511 e. The van der Waals surface area contributed by atoms with E-state index < -0.39 is 21.6 Å². The molecular weight excluding hydrogens is 561 g/mol. The van der Waals surface area contributed by atoms with Gasteiger partial charge in [0, 0.05) is 11.3 Å². The van der Waals surface area contributed by atoms with Crippen molar-refractivity contribution >= 4 is 65.8 Å². The van der Waals surface area contributed by atoms with Crippen LogP contribution >= 0.6 is 34.4 Å². The summed E-state index contributed by atoms with van der Waals surface area (Å²) < 4.78 is 33.1. The van der Waals surface area contributed by atoms with Crippen molar-refractivity contribution in [3.05, 3.63) is 50.2 Å². The van der Waals surface area contributed by atoms with Crippen LogP contribution in [0.15, 0.2) is 38.5 Å². The molecule has 0 saturated heterocycles. The first-order chi connectivity index (χ1) is 17.6. The Morgan fingerprint density at radius 1 is 1.32 bits per heavy atom. The number of sulfonamides is 1. The maximum absolute atomic E-state index is 13.4. The van der Waals surface area contributed by atoms with E-state index in [1.165, 1.54) is 28.7 Å². The van der Waals surface area contributed by atoms with Gasteiger partial charge in [0.15, 0.2) is 5.13 Å². The molecule has 7 nitrogen and oxygen atoms in total. The summed E-state index contributed by atoms with van der Waals surface area (Å²) in [7, 11) is -3.48. The average molecular weight is 595 g/mol. The first-order valence-electron chi connectivity index (χ1n) is 12.4. The number of hydrogen-bond acceptors (Lipinski definition) is 9. The number of nitrogens with one attached hydrogen (secondary N) is 1. The van der Waals surface area contributed by atoms with Crippen molar-refractivity contribution in [3.8, 4) is 0 Å². The number of carbonyl (C=O) groups excluding carboxylic acids is 1. The highest BCUT2D eigenvalue weighted by Crippen LogP contribution is 2.48. The van der Waals surface area contributed by atoms with E-state index in [1.807, 2.05) is 32.2 Å². The number of benzene rings is 1. The van der Waals surface area contributed by atoms with Crippen LogP contribution in [0.1, 0.15) is 64.2 Å². The van der Waals surface area contributed by atoms with E-state index in [9.17, 15) is 18.3 Å². The lowest BCUT2D eigenvalue weighted by Gasteiger charge is -2.40. The van der Waals surface area contributed by atoms with Crippen molar-refractivity contribution in [2.45, 2.75) is 76.7 Å². The van der Waals surface area contributed by atoms with Gasteiger partial charge < -0.3 is 9.84 Å². The molecule has 1 aromatic carbocycles. The molecule has 1 aliphatic rings. The van der Waals surface area contributed by atoms with Crippen LogP contribution in [0.25, 0.3) is 10.2 Å². The van der Waals surface area contributed by atoms with Crippen LogP contribution in [0.2, 0.25) is 0 Å². The van der Waals surface area contributed by atoms with Gasteiger partial charge in [-0.15, -0.1) is 0 Å². The van der Waals surface area contributed by atoms with Crippen molar-refractivity contribution in [1.82, 2.24) is 4.98 Å². The Morgan fingerprint density at radius 3 is 2.58 bits per heavy atom. The molecule has 38 heavy (non-hydrogen) atoms. The van der Waals surface area contributed by atoms with E-state index >= 15 is 0 Å². The van der Waals surface area contributed by atoms with E-state index in [0.29, 0.717) is 17.1 Å². The third-order valence-corrected chi connectivity index (χ3v) is 10.3. The predicted octanol–water partition coefficient (Wildman–Crippen LogP) is 7.17. The number of aliphatic hydroxyl groups excluding tert-OH is 1. The van der Waals surface area contributed by atoms with E-state index in [1.54, 1.807) is 11.3 Å². The minimum atomic E-state index is -3.48. The third kappa shape index (κ3) is 6.05. The first kappa shape index (κ1) is 28.9. The molecule has 3 heterocycles. The zero-order valence-electron chi connectivity index (χ0n) is 22.7. The standard InChI is InChI=1S/C27H34N2O5S4/c1-15(2)27(10-8-17-9-11-35-14-17)13-18(30)22(24(31)34-27)36-19-12-16(3)21-23(20(19)26(4,5)6)37-25(28-21)29-38(7,32)33/h9,11-12,14-15,30H,8,10,13H2,1-7H3,(H,28,29). The lowest BCUT2D eigenvalue weighted by molar-refractivity contribution is -0.164. The summed E-state index contributed by atoms with van der Waals surface area (Å²) in [5.74, 6) is -0.439. The van der Waals surface area contributed by atoms with Gasteiger partial charge in [-0.3, -0.25) is 4.72 Å². The van der Waals surface area contributed by atoms with Gasteiger partial charge in [0.1, 0.15) is 16.3 Å². The van der Waals surface area contributed by atoms with Gasteiger partial charge in [-0.1, -0.05) is 57.7 Å². The van der Waals surface area contributed by atoms with Gasteiger partial charge >= 0.3 is 5.97 Å². The maximum atomic E-state index is 13.4. The minimum absolute atomic E-state index is 0.0282. The number of carbonyl (C=O) groups is 1. The molecule has 0 radical (unpaired) electrons. The Labute approximate surface area is 236 Å². The average Bonchev–Trinajstić information content (AvgIpc) is 3.42. The van der Waals surface area contributed by atoms with Crippen molar-refractivity contribution in [2.24, 2.45) is 5.92 Å². The molecule has 11 heteroatoms. The highest BCUT2D eigenvalue weighted by molar-refractivity contribution is 8.04. The zero-order valence-corrected chi connectivity index (χ0v) is 25.9. The van der Waals surface area contributed by atoms with Crippen LogP contribution in [-0.4, -0.2) is 36.3 Å². The van der Waals surface area contributed by atoms with Crippen molar-refractivity contribution in [3.63, 3.8) is 0 Å². The van der Waals surface area contributed by atoms with Crippen LogP contribution in [-0.2, 0) is 31.4 Å². The number of thiazole rings is 1. The molecule has 1 unspecified atom stereocenters. The second kappa shape index (κ2) is 10.5. The molecule has 1 atom stereocenters. The maximum Gasteiger partial charge on any atom is 0.349 e. The normalized spacial score (nSPS) is 18.9. The van der Waals surface area contributed by atoms with Crippen molar-refractivity contribution in [2.75, 3.05) is 11.0 Å². The SMILES string of the molecule is Cc1cc(SC2=C(O)CC(CCc3ccsc3)(C(C)C)OC2=O)c(C(C)(C)C)c2sc(NS(C)(=O)=O)nc12. The fourth-order valence-corrected chi connectivity index (χ4v) is 8.88. The number of esters is 1. The lowest BCUT2D eigenvalue weighted by Crippen LogP contribution is -2.44. The Balaban J connectivity index is 1.73. The summed E-state index contributed by atoms with van der Waals surface area (Å²) in [5, 5.41) is 15.6. The lowest BCUT2D eigenvalue weighted by atomic mass is 9.80. The molecule has 0 spiro atoms. The molecule has 3 aromatic rings. The van der Waals surface area contributed by atoms with Crippen LogP contribution in [0.3, 0.4) is 0 Å². The number of fused-ring (bicyclic) bond motifs is 1. The van der Waals surface area contributed by atoms with Gasteiger partial charge in [-0.05, 0) is 70.7 Å². The third-order valence-electron chi connectivity index (χ3n) is 6.74. The number of thioether (sulfide) groups is 1. The molecule has 1 aliphatic heterocycles. The van der Waals surface area contributed by atoms with Crippen LogP contribution in [0.5, 0.6) is 0 Å². The largest absolute Gasteiger partial charge is 0.511 e. The molecule has 206 valence electrons. The van der Waals surface area contributed by atoms with Gasteiger partial charge in [0.25, 0.3) is 0 Å². The summed E-state index contributed by atoms with van der Waals surface area (Å²) in [4.78, 5) is 19.0. The van der Waals surface area contributed by atoms with Gasteiger partial charge in [-0.2, -0.15) is 11.3 Å². The van der Waals surface area contributed by atoms with Crippen molar-refractivity contribution < 1.29 is 23.1 Å². The number of anilines is 1. The number of thiophene rings is 1. The topological polar surface area (TPSA) is 106 Å². The van der Waals surface area contributed by atoms with Crippen LogP contribution in [0.4, 0.5) is 5.13 Å². The summed E-state index contributed by atoms with van der Waals surface area (Å²) in [6.07, 6.45) is 2.76. The Bertz CT molecular complexity index is 1500. The monoisotopic (exact) mass is 594 g/mol. The second-order valence-corrected chi connectivity index (χ2v) is 15.8. The smallest absolute Gasteiger partial charge is 0.349 e. The molecular formula is C27H34N2O5S4. The summed E-state index contributed by atoms with van der Waals surface area (Å²) in [6, 6.07) is 4.02. The zero-order chi connectivity index (χ0) is 28.0. The highest BCUT2D eigenvalue weighted by atomic mass is 32.2. The number of cyclic esters (lactones) is 1. The molecule has 4 rings (SSSR count). The highest BCUT2D eigenvalue weighted by Gasteiger charge is 2.44. The van der Waals surface area contributed by atoms with E-state index in [-0.39, 0.29) is 28.4 Å². The molecule has 2 aromatic heterocycles. The fourth-order valence-electron chi connectivity index (χ4n) is 4.70. The van der Waals surface area contributed by atoms with Gasteiger partial charge in [0.05, 0.1) is 16.5 Å². The fraction of sp³-hybridized carbons (Fsp3) is 0.481. The number of nitrogens with zero attached hydrogens (tertiary/aromatic N) is 1. The molecule has 0 aliphatic carbocycles. The predicted molar refractivity (Wildman–Crippen MR) is 158 cm³/mol. The summed E-state index contributed by atoms with van der Waals surface area (Å²) in [5.41, 5.74) is 2.58.